The van der Waals surface area contributed by atoms with Gasteiger partial charge in [0.05, 0.1) is 21.7 Å². The normalized spacial score (nSPS) is 11.0. The van der Waals surface area contributed by atoms with Gasteiger partial charge in [-0.25, -0.2) is 0 Å². The number of carbonyl (C=O) groups excluding carboxylic acids is 2. The van der Waals surface area contributed by atoms with Crippen LogP contribution in [-0.4, -0.2) is 30.1 Å². The number of hydrogen-bond acceptors (Lipinski definition) is 4. The quantitative estimate of drug-likeness (QED) is 0.377. The Hall–Kier alpha value is -3.13. The van der Waals surface area contributed by atoms with Gasteiger partial charge in [-0.1, -0.05) is 48.0 Å². The van der Waals surface area contributed by atoms with Crippen molar-refractivity contribution in [3.05, 3.63) is 99.1 Å². The highest BCUT2D eigenvalue weighted by Crippen LogP contribution is 2.29. The maximum absolute atomic E-state index is 12.6. The monoisotopic (exact) mass is 514 g/mol. The first-order valence-electron chi connectivity index (χ1n) is 9.67. The van der Waals surface area contributed by atoms with Crippen molar-refractivity contribution < 1.29 is 19.4 Å². The molecular formula is C24H20BrClN2O4. The zero-order chi connectivity index (χ0) is 22.9. The second-order valence-corrected chi connectivity index (χ2v) is 7.83. The van der Waals surface area contributed by atoms with Crippen LogP contribution in [0.15, 0.2) is 83.0 Å². The molecule has 0 aliphatic heterocycles. The second kappa shape index (κ2) is 11.5. The molecule has 0 aliphatic carbocycles. The van der Waals surface area contributed by atoms with Crippen molar-refractivity contribution in [3.8, 4) is 11.5 Å². The van der Waals surface area contributed by atoms with Gasteiger partial charge in [-0.2, -0.15) is 0 Å². The fourth-order valence-electron chi connectivity index (χ4n) is 2.71. The summed E-state index contributed by atoms with van der Waals surface area (Å²) in [5.74, 6) is 0.232. The molecule has 0 saturated heterocycles. The largest absolute Gasteiger partial charge is 0.456 e. The Morgan fingerprint density at radius 3 is 2.38 bits per heavy atom. The summed E-state index contributed by atoms with van der Waals surface area (Å²) < 4.78 is 6.67. The van der Waals surface area contributed by atoms with Crippen molar-refractivity contribution in [2.75, 3.05) is 13.2 Å². The van der Waals surface area contributed by atoms with Crippen LogP contribution in [0.1, 0.15) is 15.9 Å². The molecule has 0 atom stereocenters. The highest BCUT2D eigenvalue weighted by atomic mass is 79.9. The van der Waals surface area contributed by atoms with Gasteiger partial charge in [-0.15, -0.1) is 0 Å². The number of benzene rings is 3. The third-order valence-corrected chi connectivity index (χ3v) is 5.25. The van der Waals surface area contributed by atoms with Gasteiger partial charge in [0.1, 0.15) is 17.2 Å². The van der Waals surface area contributed by atoms with E-state index in [0.29, 0.717) is 17.1 Å². The number of rotatable bonds is 8. The summed E-state index contributed by atoms with van der Waals surface area (Å²) in [6, 6.07) is 21.1. The Labute approximate surface area is 199 Å². The molecule has 0 saturated carbocycles. The van der Waals surface area contributed by atoms with E-state index in [-0.39, 0.29) is 29.4 Å². The van der Waals surface area contributed by atoms with Crippen LogP contribution in [0.25, 0.3) is 6.08 Å². The maximum Gasteiger partial charge on any atom is 0.267 e. The molecule has 0 aromatic heterocycles. The van der Waals surface area contributed by atoms with Crippen molar-refractivity contribution in [3.63, 3.8) is 0 Å². The van der Waals surface area contributed by atoms with E-state index < -0.39 is 11.8 Å². The van der Waals surface area contributed by atoms with Gasteiger partial charge in [0.2, 0.25) is 0 Å². The van der Waals surface area contributed by atoms with E-state index >= 15 is 0 Å². The van der Waals surface area contributed by atoms with Crippen LogP contribution in [0, 0.1) is 0 Å². The third-order valence-electron chi connectivity index (χ3n) is 4.26. The van der Waals surface area contributed by atoms with Gasteiger partial charge < -0.3 is 20.5 Å². The van der Waals surface area contributed by atoms with Crippen molar-refractivity contribution >= 4 is 45.4 Å². The standard InChI is InChI=1S/C24H20BrClN2O4/c25-19-6-2-4-8-22(19)32-17-11-9-16(10-12-17)15-21(24(31)27-13-14-29)28-23(30)18-5-1-3-7-20(18)26/h1-12,15,29H,13-14H2,(H,27,31)(H,28,30)/b21-15+. The molecule has 0 bridgehead atoms. The maximum atomic E-state index is 12.6. The third kappa shape index (κ3) is 6.43. The minimum absolute atomic E-state index is 0.0165. The summed E-state index contributed by atoms with van der Waals surface area (Å²) in [6.45, 7) is -0.171. The molecule has 0 spiro atoms. The molecule has 2 amide bonds. The Morgan fingerprint density at radius 2 is 1.69 bits per heavy atom. The van der Waals surface area contributed by atoms with Crippen LogP contribution < -0.4 is 15.4 Å². The fraction of sp³-hybridized carbons (Fsp3) is 0.0833. The van der Waals surface area contributed by atoms with Crippen molar-refractivity contribution in [2.24, 2.45) is 0 Å². The smallest absolute Gasteiger partial charge is 0.267 e. The molecule has 6 nitrogen and oxygen atoms in total. The molecule has 164 valence electrons. The molecule has 3 aromatic carbocycles. The summed E-state index contributed by atoms with van der Waals surface area (Å²) in [5.41, 5.74) is 0.924. The zero-order valence-corrected chi connectivity index (χ0v) is 19.2. The molecule has 0 heterocycles. The molecule has 0 radical (unpaired) electrons. The molecule has 0 fully saturated rings. The van der Waals surface area contributed by atoms with E-state index in [1.54, 1.807) is 48.5 Å². The van der Waals surface area contributed by atoms with Crippen molar-refractivity contribution in [2.45, 2.75) is 0 Å². The van der Waals surface area contributed by atoms with Gasteiger partial charge in [-0.3, -0.25) is 9.59 Å². The van der Waals surface area contributed by atoms with Gasteiger partial charge in [-0.05, 0) is 64.0 Å². The number of hydrogen-bond donors (Lipinski definition) is 3. The first kappa shape index (κ1) is 23.5. The van der Waals surface area contributed by atoms with E-state index in [0.717, 1.165) is 4.47 Å². The van der Waals surface area contributed by atoms with Gasteiger partial charge >= 0.3 is 0 Å². The average molecular weight is 516 g/mol. The van der Waals surface area contributed by atoms with Crippen molar-refractivity contribution in [1.29, 1.82) is 0 Å². The minimum Gasteiger partial charge on any atom is -0.456 e. The van der Waals surface area contributed by atoms with Gasteiger partial charge in [0, 0.05) is 6.54 Å². The predicted octanol–water partition coefficient (Wildman–Crippen LogP) is 4.77. The highest BCUT2D eigenvalue weighted by molar-refractivity contribution is 9.10. The Kier molecular flexibility index (Phi) is 8.44. The topological polar surface area (TPSA) is 87.7 Å². The summed E-state index contributed by atoms with van der Waals surface area (Å²) in [4.78, 5) is 25.2. The van der Waals surface area contributed by atoms with Crippen LogP contribution in [0.2, 0.25) is 5.02 Å². The van der Waals surface area contributed by atoms with Crippen LogP contribution in [0.5, 0.6) is 11.5 Å². The average Bonchev–Trinajstić information content (AvgIpc) is 2.80. The lowest BCUT2D eigenvalue weighted by atomic mass is 10.1. The van der Waals surface area contributed by atoms with E-state index in [1.807, 2.05) is 24.3 Å². The summed E-state index contributed by atoms with van der Waals surface area (Å²) in [7, 11) is 0. The van der Waals surface area contributed by atoms with E-state index in [9.17, 15) is 9.59 Å². The highest BCUT2D eigenvalue weighted by Gasteiger charge is 2.16. The number of nitrogens with one attached hydrogen (secondary N) is 2. The number of aliphatic hydroxyl groups excluding tert-OH is 1. The second-order valence-electron chi connectivity index (χ2n) is 6.57. The SMILES string of the molecule is O=C(NCCO)/C(=C\c1ccc(Oc2ccccc2Br)cc1)NC(=O)c1ccccc1Cl. The zero-order valence-electron chi connectivity index (χ0n) is 16.8. The summed E-state index contributed by atoms with van der Waals surface area (Å²) in [6.07, 6.45) is 1.53. The number of carbonyl (C=O) groups is 2. The number of halogens is 2. The molecule has 0 unspecified atom stereocenters. The molecule has 0 aliphatic rings. The van der Waals surface area contributed by atoms with Crippen LogP contribution in [0.3, 0.4) is 0 Å². The Balaban J connectivity index is 1.81. The van der Waals surface area contributed by atoms with Crippen molar-refractivity contribution in [1.82, 2.24) is 10.6 Å². The van der Waals surface area contributed by atoms with Crippen LogP contribution in [-0.2, 0) is 4.79 Å². The first-order chi connectivity index (χ1) is 15.5. The summed E-state index contributed by atoms with van der Waals surface area (Å²) in [5, 5.41) is 14.4. The number of ether oxygens (including phenoxy) is 1. The van der Waals surface area contributed by atoms with Crippen LogP contribution in [0.4, 0.5) is 0 Å². The lowest BCUT2D eigenvalue weighted by molar-refractivity contribution is -0.117. The number of aliphatic hydroxyl groups is 1. The minimum atomic E-state index is -0.534. The predicted molar refractivity (Wildman–Crippen MR) is 128 cm³/mol. The molecule has 3 aromatic rings. The van der Waals surface area contributed by atoms with E-state index in [4.69, 9.17) is 21.4 Å². The molecular weight excluding hydrogens is 496 g/mol. The van der Waals surface area contributed by atoms with E-state index in [1.165, 1.54) is 6.08 Å². The lowest BCUT2D eigenvalue weighted by Gasteiger charge is -2.12. The van der Waals surface area contributed by atoms with Crippen LogP contribution >= 0.6 is 27.5 Å². The van der Waals surface area contributed by atoms with Gasteiger partial charge in [0.25, 0.3) is 11.8 Å². The molecule has 3 rings (SSSR count). The molecule has 3 N–H and O–H groups in total. The number of para-hydroxylation sites is 1. The number of amides is 2. The Bertz CT molecular complexity index is 1130. The van der Waals surface area contributed by atoms with Gasteiger partial charge in [0.15, 0.2) is 0 Å². The first-order valence-corrected chi connectivity index (χ1v) is 10.8. The Morgan fingerprint density at radius 1 is 1.00 bits per heavy atom. The molecule has 8 heteroatoms. The van der Waals surface area contributed by atoms with E-state index in [2.05, 4.69) is 26.6 Å². The summed E-state index contributed by atoms with van der Waals surface area (Å²) >= 11 is 9.53. The molecule has 32 heavy (non-hydrogen) atoms. The lowest BCUT2D eigenvalue weighted by Crippen LogP contribution is -2.36. The fourth-order valence-corrected chi connectivity index (χ4v) is 3.30.